The van der Waals surface area contributed by atoms with Gasteiger partial charge in [-0.25, -0.2) is 4.39 Å². The van der Waals surface area contributed by atoms with Crippen LogP contribution in [-0.2, 0) is 4.74 Å². The monoisotopic (exact) mass is 363 g/mol. The molecular formula is C19H19ClFNO3. The summed E-state index contributed by atoms with van der Waals surface area (Å²) in [5, 5.41) is 4.03. The van der Waals surface area contributed by atoms with Gasteiger partial charge in [-0.05, 0) is 42.3 Å². The molecule has 4 nitrogen and oxygen atoms in total. The number of benzene rings is 2. The Bertz CT molecular complexity index is 813. The molecule has 0 bridgehead atoms. The molecule has 2 heterocycles. The zero-order valence-electron chi connectivity index (χ0n) is 14.0. The number of methoxy groups -OCH3 is 2. The molecule has 0 radical (unpaired) electrons. The first kappa shape index (κ1) is 16.5. The van der Waals surface area contributed by atoms with Crippen molar-refractivity contribution >= 4 is 17.3 Å². The fourth-order valence-electron chi connectivity index (χ4n) is 3.89. The third-order valence-electron chi connectivity index (χ3n) is 5.01. The zero-order chi connectivity index (χ0) is 17.6. The summed E-state index contributed by atoms with van der Waals surface area (Å²) in [4.78, 5) is 0. The van der Waals surface area contributed by atoms with Crippen molar-refractivity contribution in [1.29, 1.82) is 0 Å². The molecule has 1 fully saturated rings. The van der Waals surface area contributed by atoms with Crippen molar-refractivity contribution in [3.63, 3.8) is 0 Å². The van der Waals surface area contributed by atoms with E-state index in [0.717, 1.165) is 23.2 Å². The van der Waals surface area contributed by atoms with Gasteiger partial charge in [0.05, 0.1) is 31.4 Å². The summed E-state index contributed by atoms with van der Waals surface area (Å²) in [6.45, 7) is 0.657. The van der Waals surface area contributed by atoms with Gasteiger partial charge >= 0.3 is 0 Å². The van der Waals surface area contributed by atoms with E-state index in [0.29, 0.717) is 23.1 Å². The lowest BCUT2D eigenvalue weighted by Gasteiger charge is -2.36. The number of ether oxygens (including phenoxy) is 3. The van der Waals surface area contributed by atoms with E-state index in [2.05, 4.69) is 5.32 Å². The van der Waals surface area contributed by atoms with E-state index in [-0.39, 0.29) is 23.9 Å². The Morgan fingerprint density at radius 1 is 1.20 bits per heavy atom. The number of nitrogens with one attached hydrogen (secondary N) is 1. The van der Waals surface area contributed by atoms with Crippen molar-refractivity contribution in [2.24, 2.45) is 5.92 Å². The molecule has 2 aliphatic rings. The van der Waals surface area contributed by atoms with Crippen LogP contribution in [-0.4, -0.2) is 20.8 Å². The third-order valence-corrected chi connectivity index (χ3v) is 5.29. The van der Waals surface area contributed by atoms with Crippen LogP contribution in [0, 0.1) is 11.7 Å². The second-order valence-corrected chi connectivity index (χ2v) is 6.74. The maximum absolute atomic E-state index is 13.7. The van der Waals surface area contributed by atoms with Crippen molar-refractivity contribution in [1.82, 2.24) is 0 Å². The summed E-state index contributed by atoms with van der Waals surface area (Å²) in [5.74, 6) is 1.06. The standard InChI is InChI=1S/C19H19ClFNO3/c1-23-16-8-10(7-14(20)19(16)24-2)17-12-5-6-25-18(12)13-9-11(21)3-4-15(13)22-17/h3-4,7-9,12,17-18,22H,5-6H2,1-2H3/t12-,17-,18-/m0/s1. The minimum Gasteiger partial charge on any atom is -0.493 e. The van der Waals surface area contributed by atoms with E-state index in [4.69, 9.17) is 25.8 Å². The van der Waals surface area contributed by atoms with Crippen molar-refractivity contribution in [2.75, 3.05) is 26.1 Å². The van der Waals surface area contributed by atoms with Crippen molar-refractivity contribution in [3.8, 4) is 11.5 Å². The molecule has 4 rings (SSSR count). The summed E-state index contributed by atoms with van der Waals surface area (Å²) in [6, 6.07) is 8.61. The first-order valence-electron chi connectivity index (χ1n) is 8.21. The van der Waals surface area contributed by atoms with E-state index in [1.54, 1.807) is 26.4 Å². The molecule has 6 heteroatoms. The van der Waals surface area contributed by atoms with Crippen LogP contribution in [0.25, 0.3) is 0 Å². The number of hydrogen-bond donors (Lipinski definition) is 1. The lowest BCUT2D eigenvalue weighted by Crippen LogP contribution is -2.29. The van der Waals surface area contributed by atoms with E-state index in [9.17, 15) is 4.39 Å². The van der Waals surface area contributed by atoms with Gasteiger partial charge in [0.1, 0.15) is 5.82 Å². The summed E-state index contributed by atoms with van der Waals surface area (Å²) in [5.41, 5.74) is 2.77. The van der Waals surface area contributed by atoms with Crippen LogP contribution in [0.5, 0.6) is 11.5 Å². The molecule has 0 aromatic heterocycles. The van der Waals surface area contributed by atoms with Crippen LogP contribution in [0.3, 0.4) is 0 Å². The second-order valence-electron chi connectivity index (χ2n) is 6.34. The Morgan fingerprint density at radius 2 is 2.04 bits per heavy atom. The highest BCUT2D eigenvalue weighted by atomic mass is 35.5. The molecule has 3 atom stereocenters. The molecule has 2 aromatic rings. The van der Waals surface area contributed by atoms with Crippen LogP contribution in [0.15, 0.2) is 30.3 Å². The number of hydrogen-bond acceptors (Lipinski definition) is 4. The molecule has 0 unspecified atom stereocenters. The summed E-state index contributed by atoms with van der Waals surface area (Å²) < 4.78 is 30.4. The lowest BCUT2D eigenvalue weighted by molar-refractivity contribution is 0.0826. The molecule has 0 amide bonds. The van der Waals surface area contributed by atoms with Gasteiger partial charge in [-0.3, -0.25) is 0 Å². The number of anilines is 1. The highest BCUT2D eigenvalue weighted by Crippen LogP contribution is 2.51. The average molecular weight is 364 g/mol. The van der Waals surface area contributed by atoms with Gasteiger partial charge in [0.25, 0.3) is 0 Å². The van der Waals surface area contributed by atoms with Gasteiger partial charge in [-0.1, -0.05) is 11.6 Å². The van der Waals surface area contributed by atoms with Crippen LogP contribution in [0.1, 0.15) is 29.7 Å². The normalized spacial score (nSPS) is 24.2. The molecule has 0 aliphatic carbocycles. The average Bonchev–Trinajstić information content (AvgIpc) is 3.10. The smallest absolute Gasteiger partial charge is 0.179 e. The largest absolute Gasteiger partial charge is 0.493 e. The minimum atomic E-state index is -0.248. The van der Waals surface area contributed by atoms with Crippen LogP contribution >= 0.6 is 11.6 Å². The van der Waals surface area contributed by atoms with Gasteiger partial charge in [0.15, 0.2) is 11.5 Å². The summed E-state index contributed by atoms with van der Waals surface area (Å²) in [6.07, 6.45) is 0.772. The van der Waals surface area contributed by atoms with Crippen molar-refractivity contribution < 1.29 is 18.6 Å². The molecular weight excluding hydrogens is 345 g/mol. The van der Waals surface area contributed by atoms with Gasteiger partial charge in [0, 0.05) is 23.8 Å². The number of halogens is 2. The predicted molar refractivity (Wildman–Crippen MR) is 94.1 cm³/mol. The molecule has 1 saturated heterocycles. The molecule has 0 spiro atoms. The Kier molecular flexibility index (Phi) is 4.21. The molecule has 0 saturated carbocycles. The van der Waals surface area contributed by atoms with Crippen LogP contribution < -0.4 is 14.8 Å². The quantitative estimate of drug-likeness (QED) is 0.855. The van der Waals surface area contributed by atoms with E-state index >= 15 is 0 Å². The maximum Gasteiger partial charge on any atom is 0.179 e. The first-order chi connectivity index (χ1) is 12.1. The number of rotatable bonds is 3. The van der Waals surface area contributed by atoms with Gasteiger partial charge < -0.3 is 19.5 Å². The van der Waals surface area contributed by atoms with Crippen molar-refractivity contribution in [3.05, 3.63) is 52.3 Å². The van der Waals surface area contributed by atoms with Gasteiger partial charge in [0.2, 0.25) is 0 Å². The molecule has 2 aliphatic heterocycles. The van der Waals surface area contributed by atoms with Crippen LogP contribution in [0.2, 0.25) is 5.02 Å². The SMILES string of the molecule is COc1cc([C@@H]2Nc3ccc(F)cc3[C@H]3OCC[C@H]32)cc(Cl)c1OC. The Hall–Kier alpha value is -1.98. The fraction of sp³-hybridized carbons (Fsp3) is 0.368. The summed E-state index contributed by atoms with van der Waals surface area (Å²) >= 11 is 6.38. The van der Waals surface area contributed by atoms with Gasteiger partial charge in [-0.2, -0.15) is 0 Å². The fourth-order valence-corrected chi connectivity index (χ4v) is 4.19. The number of fused-ring (bicyclic) bond motifs is 3. The first-order valence-corrected chi connectivity index (χ1v) is 8.59. The third kappa shape index (κ3) is 2.71. The highest BCUT2D eigenvalue weighted by Gasteiger charge is 2.42. The Labute approximate surface area is 150 Å². The molecule has 1 N–H and O–H groups in total. The van der Waals surface area contributed by atoms with Crippen LogP contribution in [0.4, 0.5) is 10.1 Å². The van der Waals surface area contributed by atoms with E-state index < -0.39 is 0 Å². The molecule has 25 heavy (non-hydrogen) atoms. The van der Waals surface area contributed by atoms with E-state index in [1.807, 2.05) is 12.1 Å². The lowest BCUT2D eigenvalue weighted by atomic mass is 9.81. The summed E-state index contributed by atoms with van der Waals surface area (Å²) in [7, 11) is 3.15. The Balaban J connectivity index is 1.78. The predicted octanol–water partition coefficient (Wildman–Crippen LogP) is 4.74. The van der Waals surface area contributed by atoms with Crippen molar-refractivity contribution in [2.45, 2.75) is 18.6 Å². The zero-order valence-corrected chi connectivity index (χ0v) is 14.8. The highest BCUT2D eigenvalue weighted by molar-refractivity contribution is 6.32. The molecule has 132 valence electrons. The van der Waals surface area contributed by atoms with Gasteiger partial charge in [-0.15, -0.1) is 0 Å². The molecule has 2 aromatic carbocycles. The topological polar surface area (TPSA) is 39.7 Å². The van der Waals surface area contributed by atoms with E-state index in [1.165, 1.54) is 6.07 Å². The Morgan fingerprint density at radius 3 is 2.80 bits per heavy atom. The minimum absolute atomic E-state index is 0.00256. The maximum atomic E-state index is 13.7. The second kappa shape index (κ2) is 6.39.